The maximum Gasteiger partial charge on any atom is 0.416 e. The number of hydrogen-bond acceptors (Lipinski definition) is 2. The van der Waals surface area contributed by atoms with Crippen molar-refractivity contribution in [1.82, 2.24) is 4.98 Å². The molecule has 1 heterocycles. The Morgan fingerprint density at radius 1 is 1.05 bits per heavy atom. The first-order valence-corrected chi connectivity index (χ1v) is 5.63. The first-order valence-electron chi connectivity index (χ1n) is 5.63. The highest BCUT2D eigenvalue weighted by atomic mass is 19.4. The van der Waals surface area contributed by atoms with Gasteiger partial charge in [0.05, 0.1) is 17.8 Å². The van der Waals surface area contributed by atoms with Crippen LogP contribution in [0.15, 0.2) is 53.7 Å². The summed E-state index contributed by atoms with van der Waals surface area (Å²) in [6.07, 6.45) is -1.10. The molecule has 2 nitrogen and oxygen atoms in total. The van der Waals surface area contributed by atoms with Crippen molar-refractivity contribution in [2.24, 2.45) is 4.99 Å². The minimum absolute atomic E-state index is 0.405. The lowest BCUT2D eigenvalue weighted by Crippen LogP contribution is -2.04. The number of benzene rings is 1. The lowest BCUT2D eigenvalue weighted by Gasteiger charge is -2.05. The Labute approximate surface area is 108 Å². The molecule has 0 atom stereocenters. The van der Waals surface area contributed by atoms with Crippen molar-refractivity contribution in [2.75, 3.05) is 0 Å². The van der Waals surface area contributed by atoms with Crippen LogP contribution in [0, 0.1) is 0 Å². The molecule has 0 saturated heterocycles. The Balaban J connectivity index is 2.00. The van der Waals surface area contributed by atoms with Gasteiger partial charge in [0.2, 0.25) is 0 Å². The molecule has 0 bridgehead atoms. The van der Waals surface area contributed by atoms with E-state index in [1.807, 2.05) is 18.2 Å². The second-order valence-corrected chi connectivity index (χ2v) is 3.91. The van der Waals surface area contributed by atoms with Gasteiger partial charge >= 0.3 is 6.18 Å². The molecule has 1 aromatic heterocycles. The fourth-order valence-corrected chi connectivity index (χ4v) is 1.49. The molecule has 0 N–H and O–H groups in total. The van der Waals surface area contributed by atoms with Crippen LogP contribution in [0.1, 0.15) is 16.8 Å². The number of halogens is 3. The molecule has 1 aromatic carbocycles. The van der Waals surface area contributed by atoms with Gasteiger partial charge in [-0.1, -0.05) is 18.2 Å². The number of pyridine rings is 1. The van der Waals surface area contributed by atoms with Gasteiger partial charge in [-0.25, -0.2) is 0 Å². The van der Waals surface area contributed by atoms with Gasteiger partial charge < -0.3 is 0 Å². The molecule has 0 unspecified atom stereocenters. The number of rotatable bonds is 3. The molecule has 0 spiro atoms. The summed E-state index contributed by atoms with van der Waals surface area (Å²) < 4.78 is 37.1. The summed E-state index contributed by atoms with van der Waals surface area (Å²) in [6.45, 7) is 0.405. The molecule has 0 radical (unpaired) electrons. The zero-order valence-corrected chi connectivity index (χ0v) is 9.93. The summed E-state index contributed by atoms with van der Waals surface area (Å²) in [5, 5.41) is 0. The molecule has 0 aliphatic carbocycles. The third-order valence-corrected chi connectivity index (χ3v) is 2.46. The first-order chi connectivity index (χ1) is 9.05. The van der Waals surface area contributed by atoms with Gasteiger partial charge in [-0.3, -0.25) is 9.98 Å². The van der Waals surface area contributed by atoms with Crippen LogP contribution in [0.5, 0.6) is 0 Å². The van der Waals surface area contributed by atoms with E-state index in [2.05, 4.69) is 9.98 Å². The highest BCUT2D eigenvalue weighted by molar-refractivity contribution is 5.79. The molecule has 98 valence electrons. The summed E-state index contributed by atoms with van der Waals surface area (Å²) >= 11 is 0. The van der Waals surface area contributed by atoms with Gasteiger partial charge in [0.1, 0.15) is 0 Å². The molecule has 0 aliphatic rings. The average molecular weight is 264 g/mol. The largest absolute Gasteiger partial charge is 0.416 e. The Kier molecular flexibility index (Phi) is 3.94. The molecular formula is C14H11F3N2. The second-order valence-electron chi connectivity index (χ2n) is 3.91. The van der Waals surface area contributed by atoms with Crippen LogP contribution < -0.4 is 0 Å². The van der Waals surface area contributed by atoms with E-state index in [9.17, 15) is 13.2 Å². The predicted molar refractivity (Wildman–Crippen MR) is 67.0 cm³/mol. The van der Waals surface area contributed by atoms with Crippen LogP contribution in [0.2, 0.25) is 0 Å². The summed E-state index contributed by atoms with van der Waals surface area (Å²) in [4.78, 5) is 8.23. The van der Waals surface area contributed by atoms with Crippen molar-refractivity contribution in [2.45, 2.75) is 12.7 Å². The van der Waals surface area contributed by atoms with Crippen molar-refractivity contribution in [3.63, 3.8) is 0 Å². The quantitative estimate of drug-likeness (QED) is 0.775. The minimum Gasteiger partial charge on any atom is -0.286 e. The topological polar surface area (TPSA) is 25.2 Å². The van der Waals surface area contributed by atoms with Crippen molar-refractivity contribution in [3.8, 4) is 0 Å². The molecular weight excluding hydrogens is 253 g/mol. The normalized spacial score (nSPS) is 11.9. The van der Waals surface area contributed by atoms with E-state index in [-0.39, 0.29) is 0 Å². The minimum atomic E-state index is -4.30. The van der Waals surface area contributed by atoms with Crippen LogP contribution >= 0.6 is 0 Å². The molecule has 0 aliphatic heterocycles. The highest BCUT2D eigenvalue weighted by Gasteiger charge is 2.29. The Morgan fingerprint density at radius 2 is 1.79 bits per heavy atom. The first kappa shape index (κ1) is 13.3. The van der Waals surface area contributed by atoms with E-state index in [4.69, 9.17) is 0 Å². The number of alkyl halides is 3. The number of aromatic nitrogens is 1. The van der Waals surface area contributed by atoms with Gasteiger partial charge in [-0.2, -0.15) is 13.2 Å². The molecule has 5 heteroatoms. The SMILES string of the molecule is FC(F)(F)c1ccc(C=NCc2ccccn2)cc1. The third kappa shape index (κ3) is 3.91. The fraction of sp³-hybridized carbons (Fsp3) is 0.143. The number of aliphatic imine (C=N–C) groups is 1. The summed E-state index contributed by atoms with van der Waals surface area (Å²) in [5.74, 6) is 0. The lowest BCUT2D eigenvalue weighted by atomic mass is 10.1. The second kappa shape index (κ2) is 5.65. The lowest BCUT2D eigenvalue weighted by molar-refractivity contribution is -0.137. The van der Waals surface area contributed by atoms with Gasteiger partial charge in [-0.05, 0) is 29.8 Å². The van der Waals surface area contributed by atoms with E-state index < -0.39 is 11.7 Å². The van der Waals surface area contributed by atoms with Gasteiger partial charge in [-0.15, -0.1) is 0 Å². The molecule has 2 aromatic rings. The van der Waals surface area contributed by atoms with Gasteiger partial charge in [0.15, 0.2) is 0 Å². The van der Waals surface area contributed by atoms with E-state index in [0.29, 0.717) is 12.1 Å². The van der Waals surface area contributed by atoms with Gasteiger partial charge in [0.25, 0.3) is 0 Å². The van der Waals surface area contributed by atoms with Crippen molar-refractivity contribution < 1.29 is 13.2 Å². The number of hydrogen-bond donors (Lipinski definition) is 0. The Hall–Kier alpha value is -2.17. The van der Waals surface area contributed by atoms with E-state index in [0.717, 1.165) is 17.8 Å². The fourth-order valence-electron chi connectivity index (χ4n) is 1.49. The summed E-state index contributed by atoms with van der Waals surface area (Å²) in [6, 6.07) is 10.4. The third-order valence-electron chi connectivity index (χ3n) is 2.46. The summed E-state index contributed by atoms with van der Waals surface area (Å²) in [7, 11) is 0. The molecule has 0 fully saturated rings. The van der Waals surface area contributed by atoms with Crippen LogP contribution in [0.4, 0.5) is 13.2 Å². The number of nitrogens with zero attached hydrogens (tertiary/aromatic N) is 2. The molecule has 2 rings (SSSR count). The monoisotopic (exact) mass is 264 g/mol. The van der Waals surface area contributed by atoms with Crippen LogP contribution in [-0.2, 0) is 12.7 Å². The summed E-state index contributed by atoms with van der Waals surface area (Å²) in [5.41, 5.74) is 0.781. The Bertz CT molecular complexity index is 545. The Morgan fingerprint density at radius 3 is 2.37 bits per heavy atom. The van der Waals surface area contributed by atoms with Crippen molar-refractivity contribution in [3.05, 3.63) is 65.5 Å². The zero-order valence-electron chi connectivity index (χ0n) is 9.93. The van der Waals surface area contributed by atoms with Crippen LogP contribution in [0.3, 0.4) is 0 Å². The van der Waals surface area contributed by atoms with Gasteiger partial charge in [0, 0.05) is 12.4 Å². The highest BCUT2D eigenvalue weighted by Crippen LogP contribution is 2.28. The van der Waals surface area contributed by atoms with Crippen molar-refractivity contribution >= 4 is 6.21 Å². The maximum atomic E-state index is 12.4. The zero-order chi connectivity index (χ0) is 13.7. The smallest absolute Gasteiger partial charge is 0.286 e. The van der Waals surface area contributed by atoms with E-state index in [1.54, 1.807) is 6.20 Å². The standard InChI is InChI=1S/C14H11F3N2/c15-14(16,17)12-6-4-11(5-7-12)9-18-10-13-3-1-2-8-19-13/h1-9H,10H2. The molecule has 0 amide bonds. The predicted octanol–water partition coefficient (Wildman–Crippen LogP) is 3.72. The van der Waals surface area contributed by atoms with Crippen LogP contribution in [-0.4, -0.2) is 11.2 Å². The van der Waals surface area contributed by atoms with Crippen LogP contribution in [0.25, 0.3) is 0 Å². The van der Waals surface area contributed by atoms with E-state index >= 15 is 0 Å². The van der Waals surface area contributed by atoms with E-state index in [1.165, 1.54) is 18.3 Å². The average Bonchev–Trinajstić information content (AvgIpc) is 2.39. The molecule has 0 saturated carbocycles. The maximum absolute atomic E-state index is 12.4. The van der Waals surface area contributed by atoms with Crippen molar-refractivity contribution in [1.29, 1.82) is 0 Å². The molecule has 19 heavy (non-hydrogen) atoms.